The molecule has 1 fully saturated rings. The lowest BCUT2D eigenvalue weighted by Crippen LogP contribution is -2.36. The smallest absolute Gasteiger partial charge is 0.330 e. The summed E-state index contributed by atoms with van der Waals surface area (Å²) in [5.41, 5.74) is -0.938. The maximum Gasteiger partial charge on any atom is 0.330 e. The van der Waals surface area contributed by atoms with Gasteiger partial charge >= 0.3 is 5.69 Å². The molecule has 3 aromatic rings. The van der Waals surface area contributed by atoms with Crippen molar-refractivity contribution in [3.8, 4) is 5.75 Å². The molecule has 0 unspecified atom stereocenters. The van der Waals surface area contributed by atoms with E-state index in [0.717, 1.165) is 10.6 Å². The lowest BCUT2D eigenvalue weighted by Gasteiger charge is -2.21. The van der Waals surface area contributed by atoms with E-state index in [1.54, 1.807) is 6.07 Å². The van der Waals surface area contributed by atoms with Crippen LogP contribution in [0.5, 0.6) is 5.75 Å². The number of hydrogen-bond donors (Lipinski definition) is 3. The summed E-state index contributed by atoms with van der Waals surface area (Å²) in [6.07, 6.45) is -0.524. The number of aliphatic hydroxyl groups is 2. The first kappa shape index (κ1) is 19.9. The average molecular weight is 419 g/mol. The van der Waals surface area contributed by atoms with Gasteiger partial charge in [-0.05, 0) is 12.1 Å². The number of nitrogens with one attached hydrogen (secondary N) is 1. The highest BCUT2D eigenvalue weighted by Crippen LogP contribution is 2.37. The van der Waals surface area contributed by atoms with E-state index in [2.05, 4.69) is 15.3 Å². The third kappa shape index (κ3) is 3.87. The molecule has 30 heavy (non-hydrogen) atoms. The van der Waals surface area contributed by atoms with E-state index >= 15 is 0 Å². The zero-order chi connectivity index (χ0) is 21.3. The van der Waals surface area contributed by atoms with E-state index in [-0.39, 0.29) is 6.61 Å². The first-order chi connectivity index (χ1) is 14.5. The van der Waals surface area contributed by atoms with E-state index in [1.165, 1.54) is 35.3 Å². The largest absolute Gasteiger partial charge is 0.487 e. The summed E-state index contributed by atoms with van der Waals surface area (Å²) >= 11 is 0. The second-order valence-corrected chi connectivity index (χ2v) is 6.68. The third-order valence-electron chi connectivity index (χ3n) is 4.69. The fourth-order valence-corrected chi connectivity index (χ4v) is 3.26. The zero-order valence-electron chi connectivity index (χ0n) is 15.5. The molecule has 1 saturated heterocycles. The van der Waals surface area contributed by atoms with Crippen molar-refractivity contribution in [1.82, 2.24) is 24.5 Å². The van der Waals surface area contributed by atoms with Gasteiger partial charge in [-0.3, -0.25) is 14.3 Å². The Kier molecular flexibility index (Phi) is 5.44. The SMILES string of the molecule is O=c1ccn([C@@H]2O[C@H](CO)[C@@H](O)[C@H]2n2cc(COc3cccc(F)c3)nn2)c(=O)[nH]1. The van der Waals surface area contributed by atoms with Crippen molar-refractivity contribution in [3.05, 3.63) is 75.1 Å². The van der Waals surface area contributed by atoms with Crippen molar-refractivity contribution in [2.75, 3.05) is 6.61 Å². The molecule has 0 saturated carbocycles. The molecule has 1 aliphatic rings. The Hall–Kier alpha value is -3.35. The van der Waals surface area contributed by atoms with Crippen LogP contribution in [0, 0.1) is 5.82 Å². The van der Waals surface area contributed by atoms with Crippen LogP contribution in [-0.2, 0) is 11.3 Å². The van der Waals surface area contributed by atoms with Crippen molar-refractivity contribution in [2.24, 2.45) is 0 Å². The lowest BCUT2D eigenvalue weighted by atomic mass is 10.1. The van der Waals surface area contributed by atoms with E-state index in [1.807, 2.05) is 0 Å². The van der Waals surface area contributed by atoms with Gasteiger partial charge in [0.1, 0.15) is 42.1 Å². The minimum atomic E-state index is -1.21. The van der Waals surface area contributed by atoms with Gasteiger partial charge in [0.25, 0.3) is 5.56 Å². The van der Waals surface area contributed by atoms with Crippen molar-refractivity contribution in [1.29, 1.82) is 0 Å². The Morgan fingerprint density at radius 2 is 2.13 bits per heavy atom. The van der Waals surface area contributed by atoms with Crippen molar-refractivity contribution in [3.63, 3.8) is 0 Å². The maximum atomic E-state index is 13.3. The normalized spacial score (nSPS) is 23.6. The summed E-state index contributed by atoms with van der Waals surface area (Å²) < 4.78 is 26.7. The van der Waals surface area contributed by atoms with Gasteiger partial charge in [0.15, 0.2) is 6.23 Å². The number of ether oxygens (including phenoxy) is 2. The fourth-order valence-electron chi connectivity index (χ4n) is 3.26. The monoisotopic (exact) mass is 419 g/mol. The number of hydrogen-bond acceptors (Lipinski definition) is 8. The molecule has 12 heteroatoms. The van der Waals surface area contributed by atoms with Gasteiger partial charge in [-0.1, -0.05) is 11.3 Å². The van der Waals surface area contributed by atoms with Crippen molar-refractivity contribution in [2.45, 2.75) is 31.1 Å². The van der Waals surface area contributed by atoms with E-state index in [9.17, 15) is 24.2 Å². The van der Waals surface area contributed by atoms with Gasteiger partial charge in [0, 0.05) is 18.3 Å². The quantitative estimate of drug-likeness (QED) is 0.478. The van der Waals surface area contributed by atoms with Crippen LogP contribution in [0.25, 0.3) is 0 Å². The molecular weight excluding hydrogens is 401 g/mol. The highest BCUT2D eigenvalue weighted by Gasteiger charge is 2.46. The highest BCUT2D eigenvalue weighted by atomic mass is 19.1. The van der Waals surface area contributed by atoms with Crippen LogP contribution in [0.15, 0.2) is 52.3 Å². The van der Waals surface area contributed by atoms with Gasteiger partial charge in [-0.2, -0.15) is 0 Å². The molecular formula is C18H18FN5O6. The minimum Gasteiger partial charge on any atom is -0.487 e. The molecule has 1 aromatic carbocycles. The second-order valence-electron chi connectivity index (χ2n) is 6.68. The summed E-state index contributed by atoms with van der Waals surface area (Å²) in [7, 11) is 0. The number of H-pyrrole nitrogens is 1. The molecule has 3 N–H and O–H groups in total. The number of benzene rings is 1. The molecule has 1 aliphatic heterocycles. The van der Waals surface area contributed by atoms with Crippen LogP contribution in [0.2, 0.25) is 0 Å². The molecule has 4 atom stereocenters. The Morgan fingerprint density at radius 1 is 1.30 bits per heavy atom. The first-order valence-corrected chi connectivity index (χ1v) is 9.01. The summed E-state index contributed by atoms with van der Waals surface area (Å²) in [5.74, 6) is -0.126. The minimum absolute atomic E-state index is 0.0141. The Labute approximate surface area is 167 Å². The summed E-state index contributed by atoms with van der Waals surface area (Å²) in [4.78, 5) is 25.6. The van der Waals surface area contributed by atoms with Crippen LogP contribution >= 0.6 is 0 Å². The maximum absolute atomic E-state index is 13.3. The number of aromatic nitrogens is 5. The predicted molar refractivity (Wildman–Crippen MR) is 98.1 cm³/mol. The van der Waals surface area contributed by atoms with Crippen LogP contribution < -0.4 is 16.0 Å². The van der Waals surface area contributed by atoms with Gasteiger partial charge in [0.05, 0.1) is 12.8 Å². The number of nitrogens with zero attached hydrogens (tertiary/aromatic N) is 4. The number of aromatic amines is 1. The van der Waals surface area contributed by atoms with E-state index in [4.69, 9.17) is 9.47 Å². The molecule has 4 rings (SSSR count). The van der Waals surface area contributed by atoms with Gasteiger partial charge in [-0.25, -0.2) is 13.9 Å². The molecule has 0 spiro atoms. The van der Waals surface area contributed by atoms with Gasteiger partial charge in [0.2, 0.25) is 0 Å². The Morgan fingerprint density at radius 3 is 2.87 bits per heavy atom. The molecule has 0 bridgehead atoms. The molecule has 0 amide bonds. The summed E-state index contributed by atoms with van der Waals surface area (Å²) in [6, 6.07) is 5.84. The average Bonchev–Trinajstić information content (AvgIpc) is 3.30. The molecule has 11 nitrogen and oxygen atoms in total. The second kappa shape index (κ2) is 8.18. The standard InChI is InChI=1S/C18H18FN5O6/c19-10-2-1-3-12(6-10)29-9-11-7-24(22-21-11)15-16(27)13(8-25)30-17(15)23-5-4-14(26)20-18(23)28/h1-7,13,15-17,25,27H,8-9H2,(H,20,26,28)/t13-,15-,16-,17-/m1/s1. The molecule has 0 radical (unpaired) electrons. The molecule has 3 heterocycles. The molecule has 0 aliphatic carbocycles. The van der Waals surface area contributed by atoms with Gasteiger partial charge < -0.3 is 19.7 Å². The predicted octanol–water partition coefficient (Wildman–Crippen LogP) is -0.662. The van der Waals surface area contributed by atoms with E-state index in [0.29, 0.717) is 11.4 Å². The number of rotatable bonds is 6. The highest BCUT2D eigenvalue weighted by molar-refractivity contribution is 5.22. The Balaban J connectivity index is 1.58. The van der Waals surface area contributed by atoms with Crippen LogP contribution in [-0.4, -0.2) is 53.6 Å². The number of aliphatic hydroxyl groups excluding tert-OH is 2. The topological polar surface area (TPSA) is 144 Å². The van der Waals surface area contributed by atoms with Gasteiger partial charge in [-0.15, -0.1) is 5.10 Å². The van der Waals surface area contributed by atoms with Crippen LogP contribution in [0.1, 0.15) is 18.0 Å². The summed E-state index contributed by atoms with van der Waals surface area (Å²) in [5, 5.41) is 28.0. The van der Waals surface area contributed by atoms with Crippen LogP contribution in [0.4, 0.5) is 4.39 Å². The lowest BCUT2D eigenvalue weighted by molar-refractivity contribution is -0.0479. The van der Waals surface area contributed by atoms with Crippen molar-refractivity contribution < 1.29 is 24.1 Å². The fraction of sp³-hybridized carbons (Fsp3) is 0.333. The molecule has 158 valence electrons. The first-order valence-electron chi connectivity index (χ1n) is 9.01. The van der Waals surface area contributed by atoms with E-state index < -0.39 is 48.2 Å². The molecule has 2 aromatic heterocycles. The Bertz CT molecular complexity index is 1140. The van der Waals surface area contributed by atoms with Crippen molar-refractivity contribution >= 4 is 0 Å². The zero-order valence-corrected chi connectivity index (χ0v) is 15.5. The third-order valence-corrected chi connectivity index (χ3v) is 4.69. The number of halogens is 1. The summed E-state index contributed by atoms with van der Waals surface area (Å²) in [6.45, 7) is -0.504. The van der Waals surface area contributed by atoms with Crippen LogP contribution in [0.3, 0.4) is 0 Å².